The van der Waals surface area contributed by atoms with Gasteiger partial charge in [-0.2, -0.15) is 0 Å². The lowest BCUT2D eigenvalue weighted by Gasteiger charge is -2.19. The van der Waals surface area contributed by atoms with Crippen LogP contribution in [0.1, 0.15) is 0 Å². The molecule has 90 valence electrons. The molecule has 15 heavy (non-hydrogen) atoms. The highest BCUT2D eigenvalue weighted by atomic mass is 31.2. The highest BCUT2D eigenvalue weighted by Crippen LogP contribution is 2.35. The second-order valence-electron chi connectivity index (χ2n) is 2.63. The third-order valence-electron chi connectivity index (χ3n) is 1.38. The number of carboxylic acid groups (broad SMARTS) is 1. The maximum absolute atomic E-state index is 10.2. The zero-order valence-corrected chi connectivity index (χ0v) is 8.19. The molecule has 0 heterocycles. The van der Waals surface area contributed by atoms with Crippen molar-refractivity contribution in [3.63, 3.8) is 0 Å². The van der Waals surface area contributed by atoms with Gasteiger partial charge in [0.25, 0.3) is 0 Å². The summed E-state index contributed by atoms with van der Waals surface area (Å²) >= 11 is 0. The smallest absolute Gasteiger partial charge is 0.469 e. The van der Waals surface area contributed by atoms with Gasteiger partial charge in [0.1, 0.15) is 12.2 Å². The van der Waals surface area contributed by atoms with Crippen LogP contribution in [0.5, 0.6) is 0 Å². The van der Waals surface area contributed by atoms with E-state index in [1.54, 1.807) is 0 Å². The minimum absolute atomic E-state index is 1.00. The molecular weight excluding hydrogens is 235 g/mol. The first-order valence-electron chi connectivity index (χ1n) is 3.62. The molecule has 0 amide bonds. The maximum Gasteiger partial charge on any atom is 0.469 e. The molecule has 0 aliphatic rings. The van der Waals surface area contributed by atoms with E-state index >= 15 is 0 Å². The molecule has 10 heteroatoms. The van der Waals surface area contributed by atoms with E-state index in [2.05, 4.69) is 4.52 Å². The first kappa shape index (κ1) is 14.5. The molecule has 0 aliphatic carbocycles. The Hall–Kier alpha value is -0.540. The van der Waals surface area contributed by atoms with Crippen molar-refractivity contribution in [3.05, 3.63) is 0 Å². The van der Waals surface area contributed by atoms with Crippen LogP contribution in [-0.2, 0) is 13.9 Å². The molecule has 0 aromatic rings. The van der Waals surface area contributed by atoms with Crippen LogP contribution >= 0.6 is 7.82 Å². The summed E-state index contributed by atoms with van der Waals surface area (Å²) in [6, 6.07) is 0. The van der Waals surface area contributed by atoms with E-state index in [1.165, 1.54) is 0 Å². The monoisotopic (exact) mass is 246 g/mol. The van der Waals surface area contributed by atoms with Crippen LogP contribution in [0.15, 0.2) is 0 Å². The number of carbonyl (C=O) groups is 1. The van der Waals surface area contributed by atoms with E-state index < -0.39 is 38.7 Å². The van der Waals surface area contributed by atoms with Crippen molar-refractivity contribution in [1.82, 2.24) is 0 Å². The number of rotatable bonds is 6. The van der Waals surface area contributed by atoms with Crippen LogP contribution in [-0.4, -0.2) is 61.1 Å². The average Bonchev–Trinajstić information content (AvgIpc) is 2.10. The Balaban J connectivity index is 4.16. The van der Waals surface area contributed by atoms with Crippen molar-refractivity contribution in [2.75, 3.05) is 6.61 Å². The minimum atomic E-state index is -4.81. The SMILES string of the molecule is O=C(O)[C@@H](O)[C@H](O)[C@H](O)COP(=O)(O)O. The molecule has 0 fully saturated rings. The number of phosphoric acid groups is 1. The number of aliphatic carboxylic acids is 1. The van der Waals surface area contributed by atoms with Gasteiger partial charge in [0.2, 0.25) is 0 Å². The Bertz CT molecular complexity index is 259. The van der Waals surface area contributed by atoms with E-state index in [1.807, 2.05) is 0 Å². The van der Waals surface area contributed by atoms with Crippen LogP contribution < -0.4 is 0 Å². The molecule has 9 nitrogen and oxygen atoms in total. The van der Waals surface area contributed by atoms with Crippen molar-refractivity contribution in [1.29, 1.82) is 0 Å². The number of phosphoric ester groups is 1. The lowest BCUT2D eigenvalue weighted by molar-refractivity contribution is -0.159. The van der Waals surface area contributed by atoms with Gasteiger partial charge in [0.15, 0.2) is 6.10 Å². The third-order valence-corrected chi connectivity index (χ3v) is 1.87. The highest BCUT2D eigenvalue weighted by Gasteiger charge is 2.31. The molecule has 3 atom stereocenters. The fourth-order valence-electron chi connectivity index (χ4n) is 0.629. The van der Waals surface area contributed by atoms with Crippen LogP contribution in [0.4, 0.5) is 0 Å². The molecule has 6 N–H and O–H groups in total. The summed E-state index contributed by atoms with van der Waals surface area (Å²) in [4.78, 5) is 26.6. The average molecular weight is 246 g/mol. The molecule has 0 aromatic heterocycles. The Morgan fingerprint density at radius 3 is 2.07 bits per heavy atom. The van der Waals surface area contributed by atoms with Gasteiger partial charge < -0.3 is 30.2 Å². The first-order valence-corrected chi connectivity index (χ1v) is 5.15. The summed E-state index contributed by atoms with van der Waals surface area (Å²) in [5.74, 6) is -1.78. The zero-order valence-electron chi connectivity index (χ0n) is 7.29. The molecule has 0 saturated carbocycles. The van der Waals surface area contributed by atoms with E-state index in [9.17, 15) is 9.36 Å². The molecule has 0 aliphatic heterocycles. The first-order chi connectivity index (χ1) is 6.65. The largest absolute Gasteiger partial charge is 0.479 e. The summed E-state index contributed by atoms with van der Waals surface area (Å²) in [5, 5.41) is 34.8. The highest BCUT2D eigenvalue weighted by molar-refractivity contribution is 7.46. The van der Waals surface area contributed by atoms with Crippen LogP contribution in [0.25, 0.3) is 0 Å². The molecular formula is C5H11O9P. The van der Waals surface area contributed by atoms with Gasteiger partial charge in [-0.3, -0.25) is 4.52 Å². The zero-order chi connectivity index (χ0) is 12.2. The van der Waals surface area contributed by atoms with Crippen molar-refractivity contribution in [2.45, 2.75) is 18.3 Å². The fraction of sp³-hybridized carbons (Fsp3) is 0.800. The minimum Gasteiger partial charge on any atom is -0.479 e. The van der Waals surface area contributed by atoms with E-state index in [4.69, 9.17) is 30.2 Å². The van der Waals surface area contributed by atoms with Gasteiger partial charge in [-0.05, 0) is 0 Å². The maximum atomic E-state index is 10.2. The molecule has 0 unspecified atom stereocenters. The quantitative estimate of drug-likeness (QED) is 0.272. The van der Waals surface area contributed by atoms with Gasteiger partial charge in [-0.15, -0.1) is 0 Å². The van der Waals surface area contributed by atoms with Crippen molar-refractivity contribution >= 4 is 13.8 Å². The second kappa shape index (κ2) is 5.52. The summed E-state index contributed by atoms with van der Waals surface area (Å²) in [5.41, 5.74) is 0. The van der Waals surface area contributed by atoms with Crippen molar-refractivity contribution in [2.24, 2.45) is 0 Å². The van der Waals surface area contributed by atoms with E-state index in [0.29, 0.717) is 0 Å². The van der Waals surface area contributed by atoms with Gasteiger partial charge in [0.05, 0.1) is 6.61 Å². The molecule has 0 aromatic carbocycles. The van der Waals surface area contributed by atoms with Crippen molar-refractivity contribution < 1.29 is 44.1 Å². The predicted molar refractivity (Wildman–Crippen MR) is 43.7 cm³/mol. The number of aliphatic hydroxyl groups is 3. The summed E-state index contributed by atoms with van der Waals surface area (Å²) in [6.45, 7) is -1.00. The number of hydrogen-bond acceptors (Lipinski definition) is 6. The molecule has 0 radical (unpaired) electrons. The number of aliphatic hydroxyl groups excluding tert-OH is 3. The topological polar surface area (TPSA) is 165 Å². The normalized spacial score (nSPS) is 18.2. The summed E-state index contributed by atoms with van der Waals surface area (Å²) in [7, 11) is -4.81. The van der Waals surface area contributed by atoms with E-state index in [0.717, 1.165) is 0 Å². The van der Waals surface area contributed by atoms with Gasteiger partial charge in [-0.1, -0.05) is 0 Å². The summed E-state index contributed by atoms with van der Waals surface area (Å²) < 4.78 is 14.0. The van der Waals surface area contributed by atoms with Gasteiger partial charge >= 0.3 is 13.8 Å². The Morgan fingerprint density at radius 1 is 1.27 bits per heavy atom. The Kier molecular flexibility index (Phi) is 5.32. The molecule has 0 rings (SSSR count). The molecule has 0 spiro atoms. The standard InChI is InChI=1S/C5H11O9P/c6-2(1-14-15(11,12)13)3(7)4(8)5(9)10/h2-4,6-8H,1H2,(H,9,10)(H2,11,12,13)/t2-,3-,4+/m1/s1. The molecule has 0 saturated heterocycles. The predicted octanol–water partition coefficient (Wildman–Crippen LogP) is -2.74. The number of hydrogen-bond donors (Lipinski definition) is 6. The van der Waals surface area contributed by atoms with E-state index in [-0.39, 0.29) is 0 Å². The van der Waals surface area contributed by atoms with Crippen molar-refractivity contribution in [3.8, 4) is 0 Å². The second-order valence-corrected chi connectivity index (χ2v) is 3.87. The third kappa shape index (κ3) is 5.80. The van der Waals surface area contributed by atoms with Gasteiger partial charge in [-0.25, -0.2) is 9.36 Å². The van der Waals surface area contributed by atoms with Crippen LogP contribution in [0, 0.1) is 0 Å². The Labute approximate surface area is 83.8 Å². The fourth-order valence-corrected chi connectivity index (χ4v) is 0.975. The Morgan fingerprint density at radius 2 is 1.73 bits per heavy atom. The van der Waals surface area contributed by atoms with Gasteiger partial charge in [0, 0.05) is 0 Å². The number of carboxylic acids is 1. The summed E-state index contributed by atoms with van der Waals surface area (Å²) in [6.07, 6.45) is -6.29. The lowest BCUT2D eigenvalue weighted by atomic mass is 10.1. The van der Waals surface area contributed by atoms with Crippen LogP contribution in [0.3, 0.4) is 0 Å². The van der Waals surface area contributed by atoms with Crippen LogP contribution in [0.2, 0.25) is 0 Å². The lowest BCUT2D eigenvalue weighted by Crippen LogP contribution is -2.44. The molecule has 0 bridgehead atoms.